The fraction of sp³-hybridized carbons (Fsp3) is 0.294. The summed E-state index contributed by atoms with van der Waals surface area (Å²) in [5, 5.41) is 18.9. The molecule has 0 saturated carbocycles. The van der Waals surface area contributed by atoms with Gasteiger partial charge in [-0.05, 0) is 50.2 Å². The highest BCUT2D eigenvalue weighted by Crippen LogP contribution is 2.24. The van der Waals surface area contributed by atoms with Crippen LogP contribution in [0, 0.1) is 0 Å². The molecule has 1 aliphatic rings. The molecule has 9 heteroatoms. The molecule has 134 valence electrons. The SMILES string of the molecule is O=C(Nc1ccc(-n2cccn2)c(Cl)c1)c1cn(C2CCNCC2)nn1. The van der Waals surface area contributed by atoms with Crippen molar-refractivity contribution in [3.63, 3.8) is 0 Å². The lowest BCUT2D eigenvalue weighted by molar-refractivity contribution is 0.102. The topological polar surface area (TPSA) is 89.7 Å². The van der Waals surface area contributed by atoms with Crippen molar-refractivity contribution in [2.75, 3.05) is 18.4 Å². The third-order valence-corrected chi connectivity index (χ3v) is 4.69. The summed E-state index contributed by atoms with van der Waals surface area (Å²) in [5.74, 6) is -0.312. The standard InChI is InChI=1S/C17H18ClN7O/c18-14-10-12(2-3-16(14)24-9-1-6-20-24)21-17(26)15-11-25(23-22-15)13-4-7-19-8-5-13/h1-3,6,9-11,13,19H,4-5,7-8H2,(H,21,26). The molecule has 0 aliphatic carbocycles. The molecule has 3 aromatic rings. The number of hydrogen-bond acceptors (Lipinski definition) is 5. The third-order valence-electron chi connectivity index (χ3n) is 4.38. The maximum atomic E-state index is 12.4. The number of carbonyl (C=O) groups excluding carboxylic acids is 1. The molecule has 4 rings (SSSR count). The molecular formula is C17H18ClN7O. The number of hydrogen-bond donors (Lipinski definition) is 2. The number of anilines is 1. The largest absolute Gasteiger partial charge is 0.320 e. The molecule has 2 aromatic heterocycles. The first-order valence-corrected chi connectivity index (χ1v) is 8.82. The van der Waals surface area contributed by atoms with Crippen LogP contribution in [0.15, 0.2) is 42.9 Å². The molecule has 0 spiro atoms. The van der Waals surface area contributed by atoms with E-state index >= 15 is 0 Å². The molecule has 8 nitrogen and oxygen atoms in total. The summed E-state index contributed by atoms with van der Waals surface area (Å²) in [6.45, 7) is 1.90. The van der Waals surface area contributed by atoms with Gasteiger partial charge in [-0.15, -0.1) is 5.10 Å². The molecule has 26 heavy (non-hydrogen) atoms. The number of rotatable bonds is 4. The van der Waals surface area contributed by atoms with E-state index in [1.165, 1.54) is 0 Å². The monoisotopic (exact) mass is 371 g/mol. The van der Waals surface area contributed by atoms with Crippen molar-refractivity contribution in [1.29, 1.82) is 0 Å². The summed E-state index contributed by atoms with van der Waals surface area (Å²) in [6.07, 6.45) is 7.14. The Morgan fingerprint density at radius 1 is 1.31 bits per heavy atom. The summed E-state index contributed by atoms with van der Waals surface area (Å²) in [7, 11) is 0. The summed E-state index contributed by atoms with van der Waals surface area (Å²) < 4.78 is 3.45. The second-order valence-corrected chi connectivity index (χ2v) is 6.54. The number of halogens is 1. The third kappa shape index (κ3) is 3.47. The zero-order valence-corrected chi connectivity index (χ0v) is 14.7. The van der Waals surface area contributed by atoms with Gasteiger partial charge in [0.05, 0.1) is 22.9 Å². The van der Waals surface area contributed by atoms with Gasteiger partial charge in [0, 0.05) is 18.1 Å². The van der Waals surface area contributed by atoms with Crippen LogP contribution in [0.25, 0.3) is 5.69 Å². The van der Waals surface area contributed by atoms with Crippen molar-refractivity contribution in [2.45, 2.75) is 18.9 Å². The van der Waals surface area contributed by atoms with Gasteiger partial charge in [-0.2, -0.15) is 5.10 Å². The first-order chi connectivity index (χ1) is 12.7. The highest BCUT2D eigenvalue weighted by molar-refractivity contribution is 6.32. The van der Waals surface area contributed by atoms with E-state index in [1.54, 1.807) is 46.2 Å². The van der Waals surface area contributed by atoms with Crippen LogP contribution in [0.4, 0.5) is 5.69 Å². The van der Waals surface area contributed by atoms with Crippen LogP contribution < -0.4 is 10.6 Å². The molecule has 0 unspecified atom stereocenters. The van der Waals surface area contributed by atoms with Crippen molar-refractivity contribution in [3.8, 4) is 5.69 Å². The summed E-state index contributed by atoms with van der Waals surface area (Å²) in [6, 6.07) is 7.37. The zero-order chi connectivity index (χ0) is 17.9. The fourth-order valence-electron chi connectivity index (χ4n) is 3.01. The van der Waals surface area contributed by atoms with E-state index in [0.29, 0.717) is 10.7 Å². The molecule has 1 amide bonds. The lowest BCUT2D eigenvalue weighted by Gasteiger charge is -2.22. The predicted octanol–water partition coefficient (Wildman–Crippen LogP) is 2.29. The van der Waals surface area contributed by atoms with Gasteiger partial charge in [-0.1, -0.05) is 16.8 Å². The lowest BCUT2D eigenvalue weighted by atomic mass is 10.1. The molecule has 1 saturated heterocycles. The van der Waals surface area contributed by atoms with Gasteiger partial charge in [0.25, 0.3) is 5.91 Å². The van der Waals surface area contributed by atoms with Crippen LogP contribution in [-0.4, -0.2) is 43.8 Å². The molecule has 2 N–H and O–H groups in total. The molecular weight excluding hydrogens is 354 g/mol. The van der Waals surface area contributed by atoms with E-state index in [9.17, 15) is 4.79 Å². The van der Waals surface area contributed by atoms with E-state index in [2.05, 4.69) is 26.0 Å². The molecule has 0 bridgehead atoms. The normalized spacial score (nSPS) is 15.1. The van der Waals surface area contributed by atoms with Gasteiger partial charge >= 0.3 is 0 Å². The molecule has 1 aromatic carbocycles. The van der Waals surface area contributed by atoms with E-state index < -0.39 is 0 Å². The van der Waals surface area contributed by atoms with E-state index in [1.807, 2.05) is 6.07 Å². The molecule has 1 fully saturated rings. The van der Waals surface area contributed by atoms with Crippen LogP contribution in [0.3, 0.4) is 0 Å². The minimum Gasteiger partial charge on any atom is -0.320 e. The Morgan fingerprint density at radius 3 is 2.88 bits per heavy atom. The highest BCUT2D eigenvalue weighted by atomic mass is 35.5. The van der Waals surface area contributed by atoms with Crippen molar-refractivity contribution in [2.24, 2.45) is 0 Å². The van der Waals surface area contributed by atoms with Crippen molar-refractivity contribution in [3.05, 3.63) is 53.6 Å². The van der Waals surface area contributed by atoms with Crippen molar-refractivity contribution < 1.29 is 4.79 Å². The van der Waals surface area contributed by atoms with Gasteiger partial charge in [0.15, 0.2) is 5.69 Å². The first-order valence-electron chi connectivity index (χ1n) is 8.44. The van der Waals surface area contributed by atoms with Gasteiger partial charge in [-0.3, -0.25) is 4.79 Å². The second kappa shape index (κ2) is 7.27. The number of aromatic nitrogens is 5. The Balaban J connectivity index is 1.46. The van der Waals surface area contributed by atoms with Gasteiger partial charge in [-0.25, -0.2) is 9.36 Å². The number of amides is 1. The Labute approximate surface area is 155 Å². The number of nitrogens with one attached hydrogen (secondary N) is 2. The number of benzene rings is 1. The molecule has 0 radical (unpaired) electrons. The smallest absolute Gasteiger partial charge is 0.277 e. The van der Waals surface area contributed by atoms with E-state index in [-0.39, 0.29) is 17.6 Å². The lowest BCUT2D eigenvalue weighted by Crippen LogP contribution is -2.29. The van der Waals surface area contributed by atoms with Crippen molar-refractivity contribution >= 4 is 23.2 Å². The summed E-state index contributed by atoms with van der Waals surface area (Å²) in [5.41, 5.74) is 1.62. The summed E-state index contributed by atoms with van der Waals surface area (Å²) >= 11 is 6.31. The van der Waals surface area contributed by atoms with Crippen molar-refractivity contribution in [1.82, 2.24) is 30.1 Å². The summed E-state index contributed by atoms with van der Waals surface area (Å²) in [4.78, 5) is 12.4. The van der Waals surface area contributed by atoms with Crippen LogP contribution in [0.1, 0.15) is 29.4 Å². The Kier molecular flexibility index (Phi) is 4.68. The maximum absolute atomic E-state index is 12.4. The quantitative estimate of drug-likeness (QED) is 0.734. The van der Waals surface area contributed by atoms with Gasteiger partial charge in [0.1, 0.15) is 0 Å². The van der Waals surface area contributed by atoms with Crippen LogP contribution in [0.2, 0.25) is 5.02 Å². The average Bonchev–Trinajstić information content (AvgIpc) is 3.35. The maximum Gasteiger partial charge on any atom is 0.277 e. The number of piperidine rings is 1. The first kappa shape index (κ1) is 16.7. The van der Waals surface area contributed by atoms with Crippen LogP contribution in [0.5, 0.6) is 0 Å². The van der Waals surface area contributed by atoms with E-state index in [4.69, 9.17) is 11.6 Å². The second-order valence-electron chi connectivity index (χ2n) is 6.14. The molecule has 1 aliphatic heterocycles. The number of nitrogens with zero attached hydrogens (tertiary/aromatic N) is 5. The molecule has 0 atom stereocenters. The van der Waals surface area contributed by atoms with Crippen LogP contribution >= 0.6 is 11.6 Å². The Bertz CT molecular complexity index is 900. The van der Waals surface area contributed by atoms with Gasteiger partial charge in [0.2, 0.25) is 0 Å². The van der Waals surface area contributed by atoms with Gasteiger partial charge < -0.3 is 10.6 Å². The molecule has 3 heterocycles. The van der Waals surface area contributed by atoms with Crippen LogP contribution in [-0.2, 0) is 0 Å². The fourth-order valence-corrected chi connectivity index (χ4v) is 3.27. The Morgan fingerprint density at radius 2 is 2.15 bits per heavy atom. The zero-order valence-electron chi connectivity index (χ0n) is 14.0. The number of carbonyl (C=O) groups is 1. The van der Waals surface area contributed by atoms with E-state index in [0.717, 1.165) is 31.6 Å². The average molecular weight is 372 g/mol. The minimum atomic E-state index is -0.312. The predicted molar refractivity (Wildman–Crippen MR) is 97.7 cm³/mol. The Hall–Kier alpha value is -2.71. The minimum absolute atomic E-state index is 0.285. The highest BCUT2D eigenvalue weighted by Gasteiger charge is 2.19.